The standard InChI is InChI=1S/C13H15BrO2/c1-4-12(13(15)16-3)9(2)10-5-7-11(14)8-6-10/h5-8H,4H2,1-3H3/b12-9+. The van der Waals surface area contributed by atoms with Gasteiger partial charge < -0.3 is 4.74 Å². The molecule has 0 aromatic heterocycles. The molecule has 0 atom stereocenters. The third-order valence-corrected chi connectivity index (χ3v) is 3.04. The quantitative estimate of drug-likeness (QED) is 0.623. The van der Waals surface area contributed by atoms with E-state index in [-0.39, 0.29) is 5.97 Å². The summed E-state index contributed by atoms with van der Waals surface area (Å²) in [5, 5.41) is 0. The molecule has 0 fully saturated rings. The topological polar surface area (TPSA) is 26.3 Å². The molecule has 3 heteroatoms. The zero-order valence-electron chi connectivity index (χ0n) is 9.71. The lowest BCUT2D eigenvalue weighted by molar-refractivity contribution is -0.136. The summed E-state index contributed by atoms with van der Waals surface area (Å²) < 4.78 is 5.79. The molecule has 0 aliphatic carbocycles. The van der Waals surface area contributed by atoms with Gasteiger partial charge in [-0.25, -0.2) is 4.79 Å². The minimum atomic E-state index is -0.247. The molecule has 1 rings (SSSR count). The van der Waals surface area contributed by atoms with Crippen LogP contribution in [0.25, 0.3) is 5.57 Å². The van der Waals surface area contributed by atoms with Crippen LogP contribution in [0.5, 0.6) is 0 Å². The van der Waals surface area contributed by atoms with Gasteiger partial charge in [-0.2, -0.15) is 0 Å². The van der Waals surface area contributed by atoms with Crippen molar-refractivity contribution < 1.29 is 9.53 Å². The van der Waals surface area contributed by atoms with Crippen molar-refractivity contribution in [2.24, 2.45) is 0 Å². The van der Waals surface area contributed by atoms with E-state index in [1.165, 1.54) is 7.11 Å². The molecule has 0 radical (unpaired) electrons. The number of allylic oxidation sites excluding steroid dienone is 1. The second-order valence-corrected chi connectivity index (χ2v) is 4.37. The third kappa shape index (κ3) is 2.95. The molecule has 0 aliphatic rings. The summed E-state index contributed by atoms with van der Waals surface area (Å²) in [4.78, 5) is 11.5. The molecular weight excluding hydrogens is 268 g/mol. The predicted octanol–water partition coefficient (Wildman–Crippen LogP) is 3.81. The van der Waals surface area contributed by atoms with Crippen molar-refractivity contribution in [3.05, 3.63) is 39.9 Å². The van der Waals surface area contributed by atoms with Gasteiger partial charge in [-0.05, 0) is 36.6 Å². The van der Waals surface area contributed by atoms with Crippen LogP contribution in [0.3, 0.4) is 0 Å². The number of halogens is 1. The zero-order valence-corrected chi connectivity index (χ0v) is 11.3. The lowest BCUT2D eigenvalue weighted by Crippen LogP contribution is -2.06. The van der Waals surface area contributed by atoms with Crippen LogP contribution < -0.4 is 0 Å². The first-order valence-corrected chi connectivity index (χ1v) is 5.93. The van der Waals surface area contributed by atoms with Crippen LogP contribution in [0.2, 0.25) is 0 Å². The monoisotopic (exact) mass is 282 g/mol. The van der Waals surface area contributed by atoms with Gasteiger partial charge in [0.1, 0.15) is 0 Å². The van der Waals surface area contributed by atoms with Gasteiger partial charge in [-0.15, -0.1) is 0 Å². The molecule has 0 bridgehead atoms. The first-order valence-electron chi connectivity index (χ1n) is 5.14. The van der Waals surface area contributed by atoms with Gasteiger partial charge in [0.05, 0.1) is 7.11 Å². The maximum absolute atomic E-state index is 11.5. The van der Waals surface area contributed by atoms with Crippen LogP contribution in [-0.4, -0.2) is 13.1 Å². The SMILES string of the molecule is CC/C(C(=O)OC)=C(/C)c1ccc(Br)cc1. The van der Waals surface area contributed by atoms with E-state index >= 15 is 0 Å². The fourth-order valence-electron chi connectivity index (χ4n) is 1.56. The van der Waals surface area contributed by atoms with Crippen molar-refractivity contribution in [3.8, 4) is 0 Å². The number of rotatable bonds is 3. The van der Waals surface area contributed by atoms with E-state index in [4.69, 9.17) is 4.74 Å². The van der Waals surface area contributed by atoms with Gasteiger partial charge in [0.2, 0.25) is 0 Å². The predicted molar refractivity (Wildman–Crippen MR) is 69.0 cm³/mol. The number of hydrogen-bond donors (Lipinski definition) is 0. The molecule has 1 aromatic rings. The summed E-state index contributed by atoms with van der Waals surface area (Å²) in [7, 11) is 1.41. The maximum atomic E-state index is 11.5. The van der Waals surface area contributed by atoms with Crippen molar-refractivity contribution in [2.45, 2.75) is 20.3 Å². The lowest BCUT2D eigenvalue weighted by Gasteiger charge is -2.08. The Labute approximate surface area is 104 Å². The normalized spacial score (nSPS) is 12.0. The summed E-state index contributed by atoms with van der Waals surface area (Å²) in [5.74, 6) is -0.247. The first-order chi connectivity index (χ1) is 7.60. The molecular formula is C13H15BrO2. The van der Waals surface area contributed by atoms with Crippen LogP contribution in [-0.2, 0) is 9.53 Å². The molecule has 0 saturated heterocycles. The summed E-state index contributed by atoms with van der Waals surface area (Å²) >= 11 is 3.38. The molecule has 2 nitrogen and oxygen atoms in total. The van der Waals surface area contributed by atoms with Crippen molar-refractivity contribution >= 4 is 27.5 Å². The Morgan fingerprint density at radius 1 is 1.31 bits per heavy atom. The highest BCUT2D eigenvalue weighted by molar-refractivity contribution is 9.10. The number of ether oxygens (including phenoxy) is 1. The Bertz CT molecular complexity index is 404. The number of carbonyl (C=O) groups is 1. The van der Waals surface area contributed by atoms with Crippen LogP contribution in [0.4, 0.5) is 0 Å². The van der Waals surface area contributed by atoms with Crippen molar-refractivity contribution in [3.63, 3.8) is 0 Å². The molecule has 86 valence electrons. The Hall–Kier alpha value is -1.09. The zero-order chi connectivity index (χ0) is 12.1. The lowest BCUT2D eigenvalue weighted by atomic mass is 10.00. The highest BCUT2D eigenvalue weighted by atomic mass is 79.9. The van der Waals surface area contributed by atoms with E-state index in [0.29, 0.717) is 6.42 Å². The van der Waals surface area contributed by atoms with Crippen LogP contribution in [0.1, 0.15) is 25.8 Å². The maximum Gasteiger partial charge on any atom is 0.333 e. The van der Waals surface area contributed by atoms with Crippen molar-refractivity contribution in [1.29, 1.82) is 0 Å². The minimum absolute atomic E-state index is 0.247. The summed E-state index contributed by atoms with van der Waals surface area (Å²) in [6, 6.07) is 7.89. The van der Waals surface area contributed by atoms with E-state index in [2.05, 4.69) is 15.9 Å². The molecule has 0 N–H and O–H groups in total. The average Bonchev–Trinajstić information content (AvgIpc) is 2.30. The number of benzene rings is 1. The summed E-state index contributed by atoms with van der Waals surface area (Å²) in [6.45, 7) is 3.90. The Balaban J connectivity index is 3.14. The number of methoxy groups -OCH3 is 1. The molecule has 0 aliphatic heterocycles. The Morgan fingerprint density at radius 2 is 1.88 bits per heavy atom. The molecule has 0 unspecified atom stereocenters. The summed E-state index contributed by atoms with van der Waals surface area (Å²) in [5.41, 5.74) is 2.75. The molecule has 1 aromatic carbocycles. The highest BCUT2D eigenvalue weighted by Crippen LogP contribution is 2.22. The smallest absolute Gasteiger partial charge is 0.333 e. The second-order valence-electron chi connectivity index (χ2n) is 3.46. The van der Waals surface area contributed by atoms with E-state index in [1.54, 1.807) is 0 Å². The van der Waals surface area contributed by atoms with Gasteiger partial charge in [0.15, 0.2) is 0 Å². The molecule has 0 spiro atoms. The largest absolute Gasteiger partial charge is 0.466 e. The number of esters is 1. The fraction of sp³-hybridized carbons (Fsp3) is 0.308. The van der Waals surface area contributed by atoms with Gasteiger partial charge in [0.25, 0.3) is 0 Å². The van der Waals surface area contributed by atoms with Gasteiger partial charge >= 0.3 is 5.97 Å². The molecule has 0 amide bonds. The first kappa shape index (κ1) is 13.0. The van der Waals surface area contributed by atoms with Crippen LogP contribution in [0, 0.1) is 0 Å². The number of hydrogen-bond acceptors (Lipinski definition) is 2. The molecule has 16 heavy (non-hydrogen) atoms. The second kappa shape index (κ2) is 5.85. The summed E-state index contributed by atoms with van der Waals surface area (Å²) in [6.07, 6.45) is 0.675. The van der Waals surface area contributed by atoms with Crippen LogP contribution in [0.15, 0.2) is 34.3 Å². The van der Waals surface area contributed by atoms with E-state index in [9.17, 15) is 4.79 Å². The van der Waals surface area contributed by atoms with Gasteiger partial charge in [0, 0.05) is 10.0 Å². The van der Waals surface area contributed by atoms with E-state index in [0.717, 1.165) is 21.2 Å². The number of carbonyl (C=O) groups excluding carboxylic acids is 1. The Morgan fingerprint density at radius 3 is 2.31 bits per heavy atom. The van der Waals surface area contributed by atoms with Crippen molar-refractivity contribution in [2.75, 3.05) is 7.11 Å². The van der Waals surface area contributed by atoms with Crippen LogP contribution >= 0.6 is 15.9 Å². The fourth-order valence-corrected chi connectivity index (χ4v) is 1.82. The van der Waals surface area contributed by atoms with Gasteiger partial charge in [-0.1, -0.05) is 35.0 Å². The Kier molecular flexibility index (Phi) is 4.74. The van der Waals surface area contributed by atoms with Gasteiger partial charge in [-0.3, -0.25) is 0 Å². The average molecular weight is 283 g/mol. The minimum Gasteiger partial charge on any atom is -0.466 e. The van der Waals surface area contributed by atoms with E-state index < -0.39 is 0 Å². The molecule has 0 saturated carbocycles. The molecule has 0 heterocycles. The van der Waals surface area contributed by atoms with E-state index in [1.807, 2.05) is 38.1 Å². The third-order valence-electron chi connectivity index (χ3n) is 2.52. The highest BCUT2D eigenvalue weighted by Gasteiger charge is 2.12. The van der Waals surface area contributed by atoms with Crippen molar-refractivity contribution in [1.82, 2.24) is 0 Å².